The van der Waals surface area contributed by atoms with Crippen molar-refractivity contribution in [1.82, 2.24) is 14.4 Å². The zero-order chi connectivity index (χ0) is 24.3. The number of aromatic nitrogens is 2. The SMILES string of the molecule is O=C(Nc1cc(S(=O)(=O)N2CCOCC2)ccc1N1CCCCC1)c1cc(-c2cccnc2)on1. The van der Waals surface area contributed by atoms with E-state index < -0.39 is 15.9 Å². The van der Waals surface area contributed by atoms with E-state index in [4.69, 9.17) is 9.26 Å². The maximum absolute atomic E-state index is 13.3. The van der Waals surface area contributed by atoms with Crippen LogP contribution in [0.5, 0.6) is 0 Å². The molecule has 2 saturated heterocycles. The number of hydrogen-bond acceptors (Lipinski definition) is 8. The number of ether oxygens (including phenoxy) is 1. The van der Waals surface area contributed by atoms with Crippen LogP contribution in [0.4, 0.5) is 11.4 Å². The number of sulfonamides is 1. The van der Waals surface area contributed by atoms with E-state index in [1.54, 1.807) is 36.7 Å². The van der Waals surface area contributed by atoms with E-state index in [0.717, 1.165) is 38.0 Å². The number of carbonyl (C=O) groups is 1. The molecule has 2 aliphatic heterocycles. The Morgan fingerprint density at radius 1 is 1.00 bits per heavy atom. The van der Waals surface area contributed by atoms with Crippen LogP contribution in [-0.4, -0.2) is 68.2 Å². The summed E-state index contributed by atoms with van der Waals surface area (Å²) in [5.74, 6) is -0.0637. The van der Waals surface area contributed by atoms with Gasteiger partial charge in [-0.15, -0.1) is 0 Å². The number of anilines is 2. The van der Waals surface area contributed by atoms with Gasteiger partial charge in [0.05, 0.1) is 29.5 Å². The average Bonchev–Trinajstić information content (AvgIpc) is 3.41. The summed E-state index contributed by atoms with van der Waals surface area (Å²) in [6, 6.07) is 10.0. The number of nitrogens with one attached hydrogen (secondary N) is 1. The van der Waals surface area contributed by atoms with Gasteiger partial charge < -0.3 is 19.5 Å². The van der Waals surface area contributed by atoms with E-state index in [0.29, 0.717) is 43.3 Å². The molecule has 1 amide bonds. The molecule has 0 spiro atoms. The molecular formula is C24H27N5O5S. The Morgan fingerprint density at radius 3 is 2.54 bits per heavy atom. The number of nitrogens with zero attached hydrogens (tertiary/aromatic N) is 4. The van der Waals surface area contributed by atoms with E-state index in [2.05, 4.69) is 20.4 Å². The highest BCUT2D eigenvalue weighted by Crippen LogP contribution is 2.33. The predicted octanol–water partition coefficient (Wildman–Crippen LogP) is 3.00. The van der Waals surface area contributed by atoms with Gasteiger partial charge in [0.1, 0.15) is 0 Å². The van der Waals surface area contributed by atoms with E-state index in [-0.39, 0.29) is 10.6 Å². The zero-order valence-electron chi connectivity index (χ0n) is 19.2. The van der Waals surface area contributed by atoms with Crippen molar-refractivity contribution in [3.8, 4) is 11.3 Å². The minimum atomic E-state index is -3.72. The smallest absolute Gasteiger partial charge is 0.277 e. The molecule has 0 unspecified atom stereocenters. The molecule has 2 aliphatic rings. The van der Waals surface area contributed by atoms with Gasteiger partial charge in [-0.3, -0.25) is 9.78 Å². The van der Waals surface area contributed by atoms with Gasteiger partial charge in [0.15, 0.2) is 11.5 Å². The standard InChI is InChI=1S/C24H27N5O5S/c30-24(21-16-23(34-27-21)18-5-4-8-25-17-18)26-20-15-19(35(31,32)29-11-13-33-14-12-29)6-7-22(20)28-9-2-1-3-10-28/h4-8,15-17H,1-3,9-14H2,(H,26,30). The molecule has 4 heterocycles. The average molecular weight is 498 g/mol. The maximum atomic E-state index is 13.3. The van der Waals surface area contributed by atoms with Crippen molar-refractivity contribution in [3.63, 3.8) is 0 Å². The van der Waals surface area contributed by atoms with Gasteiger partial charge in [0, 0.05) is 50.2 Å². The van der Waals surface area contributed by atoms with Gasteiger partial charge in [0.2, 0.25) is 10.0 Å². The third kappa shape index (κ3) is 5.07. The lowest BCUT2D eigenvalue weighted by molar-refractivity contribution is 0.0730. The number of amides is 1. The normalized spacial score (nSPS) is 17.3. The van der Waals surface area contributed by atoms with Crippen molar-refractivity contribution in [2.45, 2.75) is 24.2 Å². The van der Waals surface area contributed by atoms with Crippen LogP contribution in [0.3, 0.4) is 0 Å². The molecule has 0 bridgehead atoms. The highest BCUT2D eigenvalue weighted by molar-refractivity contribution is 7.89. The minimum absolute atomic E-state index is 0.0925. The van der Waals surface area contributed by atoms with Crippen molar-refractivity contribution < 1.29 is 22.5 Å². The van der Waals surface area contributed by atoms with Gasteiger partial charge >= 0.3 is 0 Å². The number of rotatable bonds is 6. The van der Waals surface area contributed by atoms with E-state index >= 15 is 0 Å². The van der Waals surface area contributed by atoms with Gasteiger partial charge in [-0.1, -0.05) is 5.16 Å². The summed E-state index contributed by atoms with van der Waals surface area (Å²) in [4.78, 5) is 19.5. The highest BCUT2D eigenvalue weighted by Gasteiger charge is 2.28. The van der Waals surface area contributed by atoms with Crippen LogP contribution in [0.1, 0.15) is 29.8 Å². The molecule has 0 aliphatic carbocycles. The van der Waals surface area contributed by atoms with Gasteiger partial charge in [-0.2, -0.15) is 4.31 Å². The van der Waals surface area contributed by atoms with Crippen molar-refractivity contribution in [2.24, 2.45) is 0 Å². The summed E-state index contributed by atoms with van der Waals surface area (Å²) in [6.07, 6.45) is 6.50. The Labute approximate surface area is 203 Å². The number of benzene rings is 1. The van der Waals surface area contributed by atoms with Crippen molar-refractivity contribution in [1.29, 1.82) is 0 Å². The van der Waals surface area contributed by atoms with Crippen LogP contribution in [-0.2, 0) is 14.8 Å². The monoisotopic (exact) mass is 497 g/mol. The quantitative estimate of drug-likeness (QED) is 0.552. The Kier molecular flexibility index (Phi) is 6.80. The number of pyridine rings is 1. The predicted molar refractivity (Wildman–Crippen MR) is 130 cm³/mol. The first-order valence-corrected chi connectivity index (χ1v) is 13.1. The lowest BCUT2D eigenvalue weighted by Crippen LogP contribution is -2.40. The van der Waals surface area contributed by atoms with Crippen LogP contribution < -0.4 is 10.2 Å². The number of carbonyl (C=O) groups excluding carboxylic acids is 1. The van der Waals surface area contributed by atoms with Crippen LogP contribution in [0.2, 0.25) is 0 Å². The van der Waals surface area contributed by atoms with Crippen molar-refractivity contribution in [2.75, 3.05) is 49.6 Å². The lowest BCUT2D eigenvalue weighted by atomic mass is 10.1. The Bertz CT molecular complexity index is 1280. The number of morpholine rings is 1. The van der Waals surface area contributed by atoms with Crippen LogP contribution in [0.15, 0.2) is 58.2 Å². The summed E-state index contributed by atoms with van der Waals surface area (Å²) >= 11 is 0. The number of hydrogen-bond donors (Lipinski definition) is 1. The summed E-state index contributed by atoms with van der Waals surface area (Å²) in [7, 11) is -3.72. The maximum Gasteiger partial charge on any atom is 0.277 e. The first-order valence-electron chi connectivity index (χ1n) is 11.7. The fourth-order valence-corrected chi connectivity index (χ4v) is 5.77. The molecule has 184 valence electrons. The Morgan fingerprint density at radius 2 is 1.80 bits per heavy atom. The van der Waals surface area contributed by atoms with E-state index in [9.17, 15) is 13.2 Å². The molecule has 11 heteroatoms. The van der Waals surface area contributed by atoms with E-state index in [1.165, 1.54) is 10.4 Å². The molecule has 1 N–H and O–H groups in total. The molecular weight excluding hydrogens is 470 g/mol. The Hall–Kier alpha value is -3.28. The van der Waals surface area contributed by atoms with Crippen molar-refractivity contribution >= 4 is 27.3 Å². The first kappa shape index (κ1) is 23.5. The molecule has 35 heavy (non-hydrogen) atoms. The minimum Gasteiger partial charge on any atom is -0.379 e. The van der Waals surface area contributed by atoms with Crippen molar-refractivity contribution in [3.05, 3.63) is 54.5 Å². The summed E-state index contributed by atoms with van der Waals surface area (Å²) in [5.41, 5.74) is 2.01. The first-order chi connectivity index (χ1) is 17.0. The Balaban J connectivity index is 1.45. The molecule has 3 aromatic rings. The van der Waals surface area contributed by atoms with Crippen LogP contribution in [0, 0.1) is 0 Å². The lowest BCUT2D eigenvalue weighted by Gasteiger charge is -2.31. The fourth-order valence-electron chi connectivity index (χ4n) is 4.34. The fraction of sp³-hybridized carbons (Fsp3) is 0.375. The molecule has 5 rings (SSSR count). The second-order valence-corrected chi connectivity index (χ2v) is 10.5. The van der Waals surface area contributed by atoms with E-state index in [1.807, 2.05) is 6.07 Å². The topological polar surface area (TPSA) is 118 Å². The molecule has 1 aromatic carbocycles. The zero-order valence-corrected chi connectivity index (χ0v) is 20.0. The van der Waals surface area contributed by atoms with Gasteiger partial charge in [0.25, 0.3) is 5.91 Å². The summed E-state index contributed by atoms with van der Waals surface area (Å²) in [6.45, 7) is 3.00. The molecule has 2 aromatic heterocycles. The highest BCUT2D eigenvalue weighted by atomic mass is 32.2. The molecule has 0 radical (unpaired) electrons. The molecule has 2 fully saturated rings. The second kappa shape index (κ2) is 10.1. The van der Waals surface area contributed by atoms with Crippen LogP contribution >= 0.6 is 0 Å². The van der Waals surface area contributed by atoms with Gasteiger partial charge in [-0.05, 0) is 49.6 Å². The molecule has 0 saturated carbocycles. The summed E-state index contributed by atoms with van der Waals surface area (Å²) < 4.78 is 38.6. The second-order valence-electron chi connectivity index (χ2n) is 8.52. The molecule has 10 nitrogen and oxygen atoms in total. The number of piperidine rings is 1. The third-order valence-corrected chi connectivity index (χ3v) is 8.10. The van der Waals surface area contributed by atoms with Gasteiger partial charge in [-0.25, -0.2) is 8.42 Å². The van der Waals surface area contributed by atoms with Crippen LogP contribution in [0.25, 0.3) is 11.3 Å². The largest absolute Gasteiger partial charge is 0.379 e. The molecule has 0 atom stereocenters. The summed E-state index contributed by atoms with van der Waals surface area (Å²) in [5, 5.41) is 6.78. The third-order valence-electron chi connectivity index (χ3n) is 6.21.